The number of hydrogen-bond acceptors (Lipinski definition) is 5. The normalized spacial score (nSPS) is 15.7. The Morgan fingerprint density at radius 3 is 2.69 bits per heavy atom. The molecule has 7 heteroatoms. The van der Waals surface area contributed by atoms with E-state index in [4.69, 9.17) is 26.8 Å². The van der Waals surface area contributed by atoms with Crippen LogP contribution in [0.25, 0.3) is 0 Å². The van der Waals surface area contributed by atoms with E-state index in [1.54, 1.807) is 36.4 Å². The van der Waals surface area contributed by atoms with E-state index in [9.17, 15) is 10.1 Å². The van der Waals surface area contributed by atoms with Gasteiger partial charge in [0.1, 0.15) is 6.07 Å². The molecule has 3 rings (SSSR count). The van der Waals surface area contributed by atoms with E-state index in [-0.39, 0.29) is 23.7 Å². The van der Waals surface area contributed by atoms with Crippen LogP contribution >= 0.6 is 27.5 Å². The number of Topliss-reactive ketones (excluding diaryl/α,β-unsaturated/α-hetero) is 1. The van der Waals surface area contributed by atoms with Gasteiger partial charge in [0.25, 0.3) is 0 Å². The van der Waals surface area contributed by atoms with Crippen LogP contribution in [0.5, 0.6) is 11.5 Å². The highest BCUT2D eigenvalue weighted by atomic mass is 79.9. The summed E-state index contributed by atoms with van der Waals surface area (Å²) in [6.45, 7) is 0. The molecule has 1 aliphatic heterocycles. The summed E-state index contributed by atoms with van der Waals surface area (Å²) in [5, 5.41) is 10.1. The highest BCUT2D eigenvalue weighted by Gasteiger charge is 2.33. The summed E-state index contributed by atoms with van der Waals surface area (Å²) in [5.74, 6) is 0.214. The molecular weight excluding hydrogens is 420 g/mol. The van der Waals surface area contributed by atoms with Crippen molar-refractivity contribution in [3.05, 3.63) is 68.5 Å². The molecule has 0 amide bonds. The van der Waals surface area contributed by atoms with Crippen LogP contribution in [-0.4, -0.2) is 12.9 Å². The quantitative estimate of drug-likeness (QED) is 0.715. The van der Waals surface area contributed by atoms with Gasteiger partial charge in [0.15, 0.2) is 17.3 Å². The van der Waals surface area contributed by atoms with Crippen LogP contribution < -0.4 is 15.2 Å². The van der Waals surface area contributed by atoms with Gasteiger partial charge in [-0.3, -0.25) is 4.79 Å². The molecule has 26 heavy (non-hydrogen) atoms. The molecule has 0 saturated heterocycles. The maximum Gasteiger partial charge on any atom is 0.205 e. The molecule has 2 aromatic rings. The van der Waals surface area contributed by atoms with Gasteiger partial charge >= 0.3 is 0 Å². The SMILES string of the molecule is COc1cc(Br)cc2c1OC(N)=C(C#N)C2CC(=O)c1ccc(Cl)cc1. The number of methoxy groups -OCH3 is 1. The molecule has 2 aromatic carbocycles. The molecule has 1 atom stereocenters. The Hall–Kier alpha value is -2.49. The third-order valence-corrected chi connectivity index (χ3v) is 4.86. The van der Waals surface area contributed by atoms with Crippen LogP contribution in [0.3, 0.4) is 0 Å². The Kier molecular flexibility index (Phi) is 5.21. The first-order valence-corrected chi connectivity index (χ1v) is 8.85. The highest BCUT2D eigenvalue weighted by Crippen LogP contribution is 2.46. The third kappa shape index (κ3) is 3.41. The number of rotatable bonds is 4. The average Bonchev–Trinajstić information content (AvgIpc) is 2.62. The fraction of sp³-hybridized carbons (Fsp3) is 0.158. The van der Waals surface area contributed by atoms with Crippen molar-refractivity contribution in [1.29, 1.82) is 5.26 Å². The van der Waals surface area contributed by atoms with E-state index < -0.39 is 5.92 Å². The van der Waals surface area contributed by atoms with Gasteiger partial charge in [-0.1, -0.05) is 27.5 Å². The lowest BCUT2D eigenvalue weighted by molar-refractivity contribution is 0.0976. The minimum atomic E-state index is -0.529. The van der Waals surface area contributed by atoms with E-state index in [1.807, 2.05) is 0 Å². The molecule has 132 valence electrons. The second-order valence-corrected chi connectivity index (χ2v) is 7.06. The zero-order valence-electron chi connectivity index (χ0n) is 13.8. The van der Waals surface area contributed by atoms with Gasteiger partial charge in [0.2, 0.25) is 5.88 Å². The van der Waals surface area contributed by atoms with Gasteiger partial charge in [0.05, 0.1) is 12.7 Å². The molecule has 1 aliphatic rings. The molecule has 0 fully saturated rings. The zero-order chi connectivity index (χ0) is 18.8. The van der Waals surface area contributed by atoms with Crippen molar-refractivity contribution in [2.45, 2.75) is 12.3 Å². The molecule has 0 saturated carbocycles. The number of halogens is 2. The second kappa shape index (κ2) is 7.40. The number of nitrogens with two attached hydrogens (primary N) is 1. The van der Waals surface area contributed by atoms with E-state index in [0.717, 1.165) is 4.47 Å². The average molecular weight is 434 g/mol. The van der Waals surface area contributed by atoms with Crippen LogP contribution in [0.1, 0.15) is 28.3 Å². The Labute approximate surface area is 164 Å². The summed E-state index contributed by atoms with van der Waals surface area (Å²) >= 11 is 9.30. The van der Waals surface area contributed by atoms with Gasteiger partial charge in [-0.15, -0.1) is 0 Å². The van der Waals surface area contributed by atoms with Gasteiger partial charge in [-0.25, -0.2) is 0 Å². The predicted molar refractivity (Wildman–Crippen MR) is 101 cm³/mol. The van der Waals surface area contributed by atoms with E-state index in [1.165, 1.54) is 7.11 Å². The lowest BCUT2D eigenvalue weighted by Crippen LogP contribution is -2.22. The first-order valence-electron chi connectivity index (χ1n) is 7.68. The van der Waals surface area contributed by atoms with E-state index in [2.05, 4.69) is 22.0 Å². The number of nitrogens with zero attached hydrogens (tertiary/aromatic N) is 1. The molecule has 0 radical (unpaired) electrons. The van der Waals surface area contributed by atoms with Gasteiger partial charge in [-0.05, 0) is 36.4 Å². The highest BCUT2D eigenvalue weighted by molar-refractivity contribution is 9.10. The summed E-state index contributed by atoms with van der Waals surface area (Å²) < 4.78 is 11.7. The van der Waals surface area contributed by atoms with Gasteiger partial charge < -0.3 is 15.2 Å². The van der Waals surface area contributed by atoms with Crippen LogP contribution in [0.2, 0.25) is 5.02 Å². The Balaban J connectivity index is 2.05. The summed E-state index contributed by atoms with van der Waals surface area (Å²) in [6.07, 6.45) is 0.0706. The first kappa shape index (κ1) is 18.3. The summed E-state index contributed by atoms with van der Waals surface area (Å²) in [7, 11) is 1.51. The first-order chi connectivity index (χ1) is 12.4. The maximum absolute atomic E-state index is 12.7. The Morgan fingerprint density at radius 2 is 2.08 bits per heavy atom. The van der Waals surface area contributed by atoms with Crippen LogP contribution in [0, 0.1) is 11.3 Å². The Morgan fingerprint density at radius 1 is 1.38 bits per heavy atom. The fourth-order valence-corrected chi connectivity index (χ4v) is 3.47. The summed E-state index contributed by atoms with van der Waals surface area (Å²) in [4.78, 5) is 12.7. The van der Waals surface area contributed by atoms with E-state index >= 15 is 0 Å². The number of ketones is 1. The molecule has 2 N–H and O–H groups in total. The minimum absolute atomic E-state index is 0.0190. The third-order valence-electron chi connectivity index (χ3n) is 4.15. The van der Waals surface area contributed by atoms with Crippen molar-refractivity contribution >= 4 is 33.3 Å². The largest absolute Gasteiger partial charge is 0.493 e. The smallest absolute Gasteiger partial charge is 0.205 e. The monoisotopic (exact) mass is 432 g/mol. The van der Waals surface area contributed by atoms with Crippen molar-refractivity contribution in [3.63, 3.8) is 0 Å². The van der Waals surface area contributed by atoms with E-state index in [0.29, 0.717) is 27.6 Å². The van der Waals surface area contributed by atoms with Crippen molar-refractivity contribution in [2.75, 3.05) is 7.11 Å². The summed E-state index contributed by atoms with van der Waals surface area (Å²) in [6, 6.07) is 12.2. The van der Waals surface area contributed by atoms with Crippen molar-refractivity contribution < 1.29 is 14.3 Å². The molecule has 0 aliphatic carbocycles. The van der Waals surface area contributed by atoms with Crippen molar-refractivity contribution in [3.8, 4) is 17.6 Å². The molecule has 0 bridgehead atoms. The number of fused-ring (bicyclic) bond motifs is 1. The second-order valence-electron chi connectivity index (χ2n) is 5.70. The van der Waals surface area contributed by atoms with Crippen LogP contribution in [0.15, 0.2) is 52.3 Å². The Bertz CT molecular complexity index is 948. The number of hydrogen-bond donors (Lipinski definition) is 1. The maximum atomic E-state index is 12.7. The molecule has 1 unspecified atom stereocenters. The lowest BCUT2D eigenvalue weighted by atomic mass is 9.84. The fourth-order valence-electron chi connectivity index (χ4n) is 2.88. The minimum Gasteiger partial charge on any atom is -0.493 e. The van der Waals surface area contributed by atoms with Gasteiger partial charge in [0, 0.05) is 33.0 Å². The number of carbonyl (C=O) groups excluding carboxylic acids is 1. The molecule has 0 spiro atoms. The number of benzene rings is 2. The number of carbonyl (C=O) groups is 1. The number of nitriles is 1. The zero-order valence-corrected chi connectivity index (χ0v) is 16.1. The molecule has 1 heterocycles. The molecular formula is C19H14BrClN2O3. The standard InChI is InChI=1S/C19H14BrClN2O3/c1-25-17-7-11(20)6-14-13(15(9-22)19(23)26-18(14)17)8-16(24)10-2-4-12(21)5-3-10/h2-7,13H,8,23H2,1H3. The topological polar surface area (TPSA) is 85.3 Å². The van der Waals surface area contributed by atoms with Crippen LogP contribution in [-0.2, 0) is 0 Å². The van der Waals surface area contributed by atoms with Crippen molar-refractivity contribution in [1.82, 2.24) is 0 Å². The predicted octanol–water partition coefficient (Wildman–Crippen LogP) is 4.55. The number of ether oxygens (including phenoxy) is 2. The molecule has 0 aromatic heterocycles. The van der Waals surface area contributed by atoms with Crippen molar-refractivity contribution in [2.24, 2.45) is 5.73 Å². The molecule has 5 nitrogen and oxygen atoms in total. The van der Waals surface area contributed by atoms with Crippen LogP contribution in [0.4, 0.5) is 0 Å². The number of allylic oxidation sites excluding steroid dienone is 1. The van der Waals surface area contributed by atoms with Gasteiger partial charge in [-0.2, -0.15) is 5.26 Å². The summed E-state index contributed by atoms with van der Waals surface area (Å²) in [5.41, 5.74) is 7.34. The lowest BCUT2D eigenvalue weighted by Gasteiger charge is -2.27.